The van der Waals surface area contributed by atoms with Crippen LogP contribution in [0, 0.1) is 11.3 Å². The zero-order valence-corrected chi connectivity index (χ0v) is 24.6. The first-order valence-corrected chi connectivity index (χ1v) is 14.8. The van der Waals surface area contributed by atoms with E-state index < -0.39 is 60.9 Å². The van der Waals surface area contributed by atoms with E-state index in [1.807, 2.05) is 0 Å². The van der Waals surface area contributed by atoms with Crippen LogP contribution in [0.1, 0.15) is 81.8 Å². The van der Waals surface area contributed by atoms with Crippen molar-refractivity contribution < 1.29 is 36.6 Å². The Morgan fingerprint density at radius 3 is 2.48 bits per heavy atom. The Morgan fingerprint density at radius 1 is 1.14 bits per heavy atom. The Balaban J connectivity index is 1.42. The van der Waals surface area contributed by atoms with Gasteiger partial charge in [-0.15, -0.1) is 0 Å². The largest absolute Gasteiger partial charge is 0.381 e. The van der Waals surface area contributed by atoms with Crippen molar-refractivity contribution in [1.82, 2.24) is 29.8 Å². The van der Waals surface area contributed by atoms with Crippen LogP contribution < -0.4 is 11.1 Å². The van der Waals surface area contributed by atoms with Crippen molar-refractivity contribution in [1.29, 1.82) is 5.41 Å². The molecule has 4 N–H and O–H groups in total. The molecule has 0 spiro atoms. The van der Waals surface area contributed by atoms with E-state index in [-0.39, 0.29) is 55.6 Å². The van der Waals surface area contributed by atoms with Gasteiger partial charge in [0.25, 0.3) is 23.5 Å². The van der Waals surface area contributed by atoms with Gasteiger partial charge in [-0.25, -0.2) is 32.0 Å². The first-order chi connectivity index (χ1) is 20.8. The number of carbonyl (C=O) groups is 2. The average molecular weight is 627 g/mol. The van der Waals surface area contributed by atoms with E-state index in [0.29, 0.717) is 30.8 Å². The molecular formula is C28H38F4N8O4. The Hall–Kier alpha value is -3.24. The summed E-state index contributed by atoms with van der Waals surface area (Å²) in [5, 5.41) is 15.2. The van der Waals surface area contributed by atoms with Crippen molar-refractivity contribution in [3.63, 3.8) is 0 Å². The first kappa shape index (κ1) is 32.2. The highest BCUT2D eigenvalue weighted by atomic mass is 19.3. The fourth-order valence-electron chi connectivity index (χ4n) is 6.16. The number of rotatable bonds is 8. The van der Waals surface area contributed by atoms with Crippen LogP contribution in [0.15, 0.2) is 12.4 Å². The second-order valence-electron chi connectivity index (χ2n) is 12.1. The van der Waals surface area contributed by atoms with Crippen LogP contribution in [-0.4, -0.2) is 92.4 Å². The van der Waals surface area contributed by atoms with Gasteiger partial charge in [-0.2, -0.15) is 5.10 Å². The van der Waals surface area contributed by atoms with Crippen molar-refractivity contribution in [2.75, 3.05) is 20.3 Å². The lowest BCUT2D eigenvalue weighted by atomic mass is 9.81. The molecule has 5 atom stereocenters. The van der Waals surface area contributed by atoms with E-state index in [0.717, 1.165) is 0 Å². The second-order valence-corrected chi connectivity index (χ2v) is 12.1. The van der Waals surface area contributed by atoms with Crippen molar-refractivity contribution in [2.24, 2.45) is 11.7 Å². The average Bonchev–Trinajstić information content (AvgIpc) is 3.42. The number of halogens is 4. The number of carbonyl (C=O) groups excluding carboxylic acids is 2. The van der Waals surface area contributed by atoms with Gasteiger partial charge in [-0.3, -0.25) is 15.0 Å². The van der Waals surface area contributed by atoms with Gasteiger partial charge in [-0.1, -0.05) is 0 Å². The van der Waals surface area contributed by atoms with E-state index in [2.05, 4.69) is 20.4 Å². The molecule has 2 aromatic rings. The molecule has 0 radical (unpaired) electrons. The summed E-state index contributed by atoms with van der Waals surface area (Å²) >= 11 is 0. The Bertz CT molecular complexity index is 1370. The SMILES string of the molecule is COC1CCN(C(=O)C2CCC(F)(F)CO2)C(c2cnn3cc(C(NC(=O)C(=N)C(C)N)C4CCC(F)(F)CC4)nc3n2)C1. The molecule has 2 aromatic heterocycles. The third-order valence-corrected chi connectivity index (χ3v) is 8.83. The molecule has 2 amide bonds. The lowest BCUT2D eigenvalue weighted by molar-refractivity contribution is -0.174. The maximum Gasteiger partial charge on any atom is 0.271 e. The van der Waals surface area contributed by atoms with Crippen LogP contribution >= 0.6 is 0 Å². The van der Waals surface area contributed by atoms with E-state index in [9.17, 15) is 27.2 Å². The van der Waals surface area contributed by atoms with E-state index >= 15 is 0 Å². The molecule has 0 bridgehead atoms. The molecule has 2 saturated heterocycles. The van der Waals surface area contributed by atoms with Crippen molar-refractivity contribution >= 4 is 23.3 Å². The number of nitrogens with two attached hydrogens (primary N) is 1. The van der Waals surface area contributed by atoms with Crippen LogP contribution in [0.25, 0.3) is 5.78 Å². The Labute approximate surface area is 251 Å². The number of nitrogens with one attached hydrogen (secondary N) is 2. The number of nitrogens with zero attached hydrogens (tertiary/aromatic N) is 5. The van der Waals surface area contributed by atoms with Gasteiger partial charge >= 0.3 is 0 Å². The molecule has 4 heterocycles. The van der Waals surface area contributed by atoms with Gasteiger partial charge in [-0.05, 0) is 44.9 Å². The summed E-state index contributed by atoms with van der Waals surface area (Å²) < 4.78 is 67.5. The summed E-state index contributed by atoms with van der Waals surface area (Å²) in [6.07, 6.45) is 1.85. The van der Waals surface area contributed by atoms with Crippen molar-refractivity contribution in [3.05, 3.63) is 23.8 Å². The van der Waals surface area contributed by atoms with Gasteiger partial charge in [0.2, 0.25) is 5.92 Å². The van der Waals surface area contributed by atoms with Gasteiger partial charge in [0.05, 0.1) is 42.0 Å². The number of fused-ring (bicyclic) bond motifs is 1. The van der Waals surface area contributed by atoms with Crippen LogP contribution in [-0.2, 0) is 19.1 Å². The number of imidazole rings is 1. The molecule has 5 rings (SSSR count). The molecule has 1 aliphatic carbocycles. The zero-order valence-electron chi connectivity index (χ0n) is 24.6. The van der Waals surface area contributed by atoms with Crippen molar-refractivity contribution in [3.8, 4) is 0 Å². The number of aromatic nitrogens is 4. The van der Waals surface area contributed by atoms with Crippen molar-refractivity contribution in [2.45, 2.75) is 100 Å². The molecule has 5 unspecified atom stereocenters. The fraction of sp³-hybridized carbons (Fsp3) is 0.714. The highest BCUT2D eigenvalue weighted by molar-refractivity contribution is 6.39. The quantitative estimate of drug-likeness (QED) is 0.298. The van der Waals surface area contributed by atoms with E-state index in [4.69, 9.17) is 20.6 Å². The maximum absolute atomic E-state index is 14.0. The first-order valence-electron chi connectivity index (χ1n) is 14.8. The third-order valence-electron chi connectivity index (χ3n) is 8.83. The lowest BCUT2D eigenvalue weighted by Crippen LogP contribution is -2.50. The van der Waals surface area contributed by atoms with Gasteiger partial charge < -0.3 is 25.4 Å². The van der Waals surface area contributed by atoms with Gasteiger partial charge in [0, 0.05) is 39.0 Å². The molecule has 3 aliphatic rings. The molecule has 12 nitrogen and oxygen atoms in total. The highest BCUT2D eigenvalue weighted by Gasteiger charge is 2.43. The minimum atomic E-state index is -2.97. The number of piperidine rings is 1. The third kappa shape index (κ3) is 7.01. The normalized spacial score (nSPS) is 27.1. The van der Waals surface area contributed by atoms with E-state index in [1.165, 1.54) is 17.6 Å². The minimum Gasteiger partial charge on any atom is -0.381 e. The molecule has 242 valence electrons. The van der Waals surface area contributed by atoms with Crippen LogP contribution in [0.4, 0.5) is 17.6 Å². The number of hydrogen-bond donors (Lipinski definition) is 3. The van der Waals surface area contributed by atoms with Crippen LogP contribution in [0.3, 0.4) is 0 Å². The van der Waals surface area contributed by atoms with Gasteiger partial charge in [0.15, 0.2) is 0 Å². The number of alkyl halides is 4. The van der Waals surface area contributed by atoms with Crippen LogP contribution in [0.2, 0.25) is 0 Å². The standard InChI is InChI=1S/C28H38F4N8O4/c1-15(33)22(34)24(41)38-23(16-3-7-27(29,30)8-4-16)19-13-40-26(37-19)36-18(12-35-40)20-11-17(43-2)6-10-39(20)25(42)21-5-9-28(31,32)14-44-21/h12-13,15-17,20-21,23,34H,3-11,14,33H2,1-2H3,(H,38,41). The molecule has 3 fully saturated rings. The summed E-state index contributed by atoms with van der Waals surface area (Å²) in [4.78, 5) is 37.1. The summed E-state index contributed by atoms with van der Waals surface area (Å²) in [5.74, 6) is -7.09. The summed E-state index contributed by atoms with van der Waals surface area (Å²) in [5.41, 5.74) is 6.12. The van der Waals surface area contributed by atoms with Gasteiger partial charge in [0.1, 0.15) is 18.4 Å². The number of amides is 2. The molecule has 16 heteroatoms. The number of hydrogen-bond acceptors (Lipinski definition) is 9. The number of methoxy groups -OCH3 is 1. The second kappa shape index (κ2) is 12.6. The molecule has 44 heavy (non-hydrogen) atoms. The summed E-state index contributed by atoms with van der Waals surface area (Å²) in [7, 11) is 1.57. The maximum atomic E-state index is 14.0. The monoisotopic (exact) mass is 626 g/mol. The minimum absolute atomic E-state index is 0.0995. The highest BCUT2D eigenvalue weighted by Crippen LogP contribution is 2.41. The fourth-order valence-corrected chi connectivity index (χ4v) is 6.16. The van der Waals surface area contributed by atoms with Crippen LogP contribution in [0.5, 0.6) is 0 Å². The molecular weight excluding hydrogens is 588 g/mol. The molecule has 2 aliphatic heterocycles. The Morgan fingerprint density at radius 2 is 1.84 bits per heavy atom. The lowest BCUT2D eigenvalue weighted by Gasteiger charge is -2.41. The summed E-state index contributed by atoms with van der Waals surface area (Å²) in [6.45, 7) is 0.990. The predicted octanol–water partition coefficient (Wildman–Crippen LogP) is 2.97. The Kier molecular flexibility index (Phi) is 9.23. The molecule has 0 aromatic carbocycles. The number of ether oxygens (including phenoxy) is 2. The smallest absolute Gasteiger partial charge is 0.271 e. The predicted molar refractivity (Wildman–Crippen MR) is 148 cm³/mol. The van der Waals surface area contributed by atoms with E-state index in [1.54, 1.807) is 18.2 Å². The topological polar surface area (TPSA) is 161 Å². The number of likely N-dealkylation sites (tertiary alicyclic amines) is 1. The summed E-state index contributed by atoms with van der Waals surface area (Å²) in [6, 6.07) is -2.21. The zero-order chi connectivity index (χ0) is 31.8. The molecule has 1 saturated carbocycles.